The standard InChI is InChI=1S/C10H10F2N5O5P/c1-23(18,19)22-21-5-2-4(11)9(20-5)17-3-14-6-7(13)15-10(12)16-8(6)17/h2-3,5,9H,1H3,(H,18,19)(H2,13,15,16)/t5-,9-/m1/s1. The van der Waals surface area contributed by atoms with Gasteiger partial charge in [-0.2, -0.15) is 19.2 Å². The molecule has 3 rings (SSSR count). The Labute approximate surface area is 127 Å². The first-order valence-corrected chi connectivity index (χ1v) is 8.10. The molecule has 0 spiro atoms. The quantitative estimate of drug-likeness (QED) is 0.359. The minimum absolute atomic E-state index is 0.0665. The number of anilines is 1. The van der Waals surface area contributed by atoms with E-state index in [9.17, 15) is 13.3 Å². The highest BCUT2D eigenvalue weighted by Crippen LogP contribution is 2.39. The van der Waals surface area contributed by atoms with Crippen molar-refractivity contribution in [2.24, 2.45) is 0 Å². The topological polar surface area (TPSA) is 135 Å². The highest BCUT2D eigenvalue weighted by atomic mass is 31.2. The molecule has 10 nitrogen and oxygen atoms in total. The van der Waals surface area contributed by atoms with Crippen LogP contribution in [0.15, 0.2) is 18.2 Å². The molecule has 0 amide bonds. The van der Waals surface area contributed by atoms with Gasteiger partial charge in [0.15, 0.2) is 29.0 Å². The highest BCUT2D eigenvalue weighted by molar-refractivity contribution is 7.51. The van der Waals surface area contributed by atoms with Gasteiger partial charge in [-0.05, 0) is 0 Å². The highest BCUT2D eigenvalue weighted by Gasteiger charge is 2.33. The molecule has 0 radical (unpaired) electrons. The summed E-state index contributed by atoms with van der Waals surface area (Å²) in [5.74, 6) is -1.03. The Hall–Kier alpha value is -1.98. The molecule has 0 bridgehead atoms. The molecule has 124 valence electrons. The summed E-state index contributed by atoms with van der Waals surface area (Å²) in [6, 6.07) is 0. The van der Waals surface area contributed by atoms with Crippen molar-refractivity contribution in [1.82, 2.24) is 19.5 Å². The Morgan fingerprint density at radius 1 is 1.48 bits per heavy atom. The third kappa shape index (κ3) is 3.21. The van der Waals surface area contributed by atoms with Crippen LogP contribution in [-0.4, -0.2) is 37.4 Å². The van der Waals surface area contributed by atoms with Gasteiger partial charge in [0, 0.05) is 12.7 Å². The zero-order valence-corrected chi connectivity index (χ0v) is 12.4. The molecule has 3 heterocycles. The molecule has 0 aliphatic carbocycles. The van der Waals surface area contributed by atoms with E-state index in [2.05, 4.69) is 24.5 Å². The number of nitrogens with zero attached hydrogens (tertiary/aromatic N) is 4. The van der Waals surface area contributed by atoms with Crippen LogP contribution in [0.2, 0.25) is 0 Å². The second-order valence-corrected chi connectivity index (χ2v) is 6.34. The zero-order valence-electron chi connectivity index (χ0n) is 11.5. The van der Waals surface area contributed by atoms with Crippen LogP contribution in [0.5, 0.6) is 0 Å². The van der Waals surface area contributed by atoms with Gasteiger partial charge in [-0.1, -0.05) is 0 Å². The molecule has 0 saturated heterocycles. The van der Waals surface area contributed by atoms with Crippen LogP contribution in [0, 0.1) is 6.08 Å². The van der Waals surface area contributed by atoms with Gasteiger partial charge in [-0.3, -0.25) is 9.13 Å². The van der Waals surface area contributed by atoms with Crippen LogP contribution in [0.4, 0.5) is 14.6 Å². The summed E-state index contributed by atoms with van der Waals surface area (Å²) in [7, 11) is -3.93. The minimum atomic E-state index is -3.93. The monoisotopic (exact) mass is 349 g/mol. The van der Waals surface area contributed by atoms with E-state index in [1.54, 1.807) is 0 Å². The van der Waals surface area contributed by atoms with Gasteiger partial charge in [-0.15, -0.1) is 4.67 Å². The minimum Gasteiger partial charge on any atom is -0.382 e. The lowest BCUT2D eigenvalue weighted by molar-refractivity contribution is -0.311. The zero-order chi connectivity index (χ0) is 16.8. The van der Waals surface area contributed by atoms with Crippen LogP contribution in [0.1, 0.15) is 6.23 Å². The van der Waals surface area contributed by atoms with Gasteiger partial charge >= 0.3 is 13.7 Å². The Bertz CT molecular complexity index is 836. The fraction of sp³-hybridized carbons (Fsp3) is 0.300. The first-order chi connectivity index (χ1) is 10.7. The van der Waals surface area contributed by atoms with Crippen LogP contribution in [0.3, 0.4) is 0 Å². The summed E-state index contributed by atoms with van der Waals surface area (Å²) in [4.78, 5) is 24.1. The molecular formula is C10H10F2N5O5P. The molecule has 0 fully saturated rings. The molecule has 23 heavy (non-hydrogen) atoms. The fourth-order valence-electron chi connectivity index (χ4n) is 1.90. The van der Waals surface area contributed by atoms with Gasteiger partial charge in [0.05, 0.1) is 6.33 Å². The number of aromatic nitrogens is 4. The van der Waals surface area contributed by atoms with E-state index >= 15 is 0 Å². The van der Waals surface area contributed by atoms with Crippen molar-refractivity contribution in [1.29, 1.82) is 0 Å². The van der Waals surface area contributed by atoms with Crippen molar-refractivity contribution in [2.45, 2.75) is 12.5 Å². The summed E-state index contributed by atoms with van der Waals surface area (Å²) in [5, 5.41) is 0. The maximum atomic E-state index is 14.0. The molecule has 2 aromatic rings. The lowest BCUT2D eigenvalue weighted by atomic mass is 10.4. The van der Waals surface area contributed by atoms with Gasteiger partial charge in [0.2, 0.25) is 6.29 Å². The molecule has 0 saturated carbocycles. The van der Waals surface area contributed by atoms with Gasteiger partial charge in [-0.25, -0.2) is 9.37 Å². The van der Waals surface area contributed by atoms with E-state index in [4.69, 9.17) is 15.4 Å². The number of hydrogen-bond donors (Lipinski definition) is 2. The van der Waals surface area contributed by atoms with Crippen molar-refractivity contribution in [3.8, 4) is 0 Å². The largest absolute Gasteiger partial charge is 0.382 e. The number of imidazole rings is 1. The molecule has 1 aliphatic heterocycles. The average Bonchev–Trinajstić information content (AvgIpc) is 2.99. The fourth-order valence-corrected chi connectivity index (χ4v) is 2.14. The number of nitrogen functional groups attached to an aromatic ring is 1. The van der Waals surface area contributed by atoms with Gasteiger partial charge in [0.25, 0.3) is 0 Å². The predicted octanol–water partition coefficient (Wildman–Crippen LogP) is 1.02. The van der Waals surface area contributed by atoms with E-state index < -0.39 is 32.0 Å². The number of halogens is 2. The molecule has 0 aromatic carbocycles. The maximum absolute atomic E-state index is 14.0. The van der Waals surface area contributed by atoms with Crippen molar-refractivity contribution < 1.29 is 32.5 Å². The Morgan fingerprint density at radius 2 is 2.22 bits per heavy atom. The van der Waals surface area contributed by atoms with Crippen molar-refractivity contribution >= 4 is 24.6 Å². The van der Waals surface area contributed by atoms with E-state index in [1.807, 2.05) is 0 Å². The average molecular weight is 349 g/mol. The molecule has 13 heteroatoms. The Balaban J connectivity index is 1.86. The molecule has 2 aromatic heterocycles. The van der Waals surface area contributed by atoms with E-state index in [0.717, 1.165) is 23.6 Å². The first kappa shape index (κ1) is 15.9. The molecule has 1 aliphatic rings. The van der Waals surface area contributed by atoms with Crippen LogP contribution < -0.4 is 5.73 Å². The second kappa shape index (κ2) is 5.58. The van der Waals surface area contributed by atoms with Crippen molar-refractivity contribution in [2.75, 3.05) is 12.4 Å². The third-order valence-corrected chi connectivity index (χ3v) is 3.11. The molecule has 1 unspecified atom stereocenters. The summed E-state index contributed by atoms with van der Waals surface area (Å²) in [6.45, 7) is 0.880. The number of nitrogens with two attached hydrogens (primary N) is 1. The van der Waals surface area contributed by atoms with Crippen LogP contribution in [0.25, 0.3) is 11.2 Å². The molecule has 3 atom stereocenters. The lowest BCUT2D eigenvalue weighted by Gasteiger charge is -2.15. The number of rotatable bonds is 4. The van der Waals surface area contributed by atoms with Crippen molar-refractivity contribution in [3.63, 3.8) is 0 Å². The van der Waals surface area contributed by atoms with E-state index in [1.165, 1.54) is 0 Å². The van der Waals surface area contributed by atoms with Crippen molar-refractivity contribution in [3.05, 3.63) is 24.3 Å². The van der Waals surface area contributed by atoms with Gasteiger partial charge < -0.3 is 15.4 Å². The summed E-state index contributed by atoms with van der Waals surface area (Å²) >= 11 is 0. The predicted molar refractivity (Wildman–Crippen MR) is 70.7 cm³/mol. The number of fused-ring (bicyclic) bond motifs is 1. The summed E-state index contributed by atoms with van der Waals surface area (Å²) in [5.41, 5.74) is 5.48. The van der Waals surface area contributed by atoms with E-state index in [-0.39, 0.29) is 17.0 Å². The maximum Gasteiger partial charge on any atom is 0.352 e. The molecular weight excluding hydrogens is 339 g/mol. The second-order valence-electron chi connectivity index (χ2n) is 4.58. The third-order valence-electron chi connectivity index (χ3n) is 2.74. The van der Waals surface area contributed by atoms with E-state index in [0.29, 0.717) is 0 Å². The number of hydrogen-bond acceptors (Lipinski definition) is 8. The number of ether oxygens (including phenoxy) is 1. The normalized spacial score (nSPS) is 23.9. The Morgan fingerprint density at radius 3 is 2.91 bits per heavy atom. The SMILES string of the molecule is CP(=O)(O)OO[C@@H]1C=C(F)[C@H](n2cnc3c(N)nc(F)nc32)O1. The molecule has 3 N–H and O–H groups in total. The van der Waals surface area contributed by atoms with Crippen LogP contribution >= 0.6 is 7.60 Å². The summed E-state index contributed by atoms with van der Waals surface area (Å²) < 4.78 is 48.7. The first-order valence-electron chi connectivity index (χ1n) is 6.08. The van der Waals surface area contributed by atoms with Crippen LogP contribution in [-0.2, 0) is 18.9 Å². The smallest absolute Gasteiger partial charge is 0.352 e. The van der Waals surface area contributed by atoms with Gasteiger partial charge in [0.1, 0.15) is 0 Å². The summed E-state index contributed by atoms with van der Waals surface area (Å²) in [6.07, 6.45) is -1.87. The lowest BCUT2D eigenvalue weighted by Crippen LogP contribution is -2.16. The Kier molecular flexibility index (Phi) is 3.86.